The smallest absolute Gasteiger partial charge is 0.252 e. The highest BCUT2D eigenvalue weighted by Crippen LogP contribution is 2.23. The van der Waals surface area contributed by atoms with E-state index in [2.05, 4.69) is 6.92 Å². The summed E-state index contributed by atoms with van der Waals surface area (Å²) in [6.45, 7) is 2.99. The van der Waals surface area contributed by atoms with Crippen LogP contribution in [0.15, 0.2) is 36.4 Å². The maximum absolute atomic E-state index is 11.2. The van der Waals surface area contributed by atoms with E-state index in [1.165, 1.54) is 32.1 Å². The largest absolute Gasteiger partial charge is 0.494 e. The van der Waals surface area contributed by atoms with Crippen molar-refractivity contribution in [1.82, 2.24) is 0 Å². The van der Waals surface area contributed by atoms with Gasteiger partial charge in [0.05, 0.1) is 6.61 Å². The average molecular weight is 319 g/mol. The van der Waals surface area contributed by atoms with E-state index in [0.29, 0.717) is 5.56 Å². The lowest BCUT2D eigenvalue weighted by Gasteiger charge is -2.08. The fourth-order valence-corrected chi connectivity index (χ4v) is 2.63. The molecule has 0 aliphatic rings. The first-order valence-electron chi connectivity index (χ1n) is 8.07. The molecule has 0 bridgehead atoms. The van der Waals surface area contributed by atoms with Gasteiger partial charge in [0.1, 0.15) is 5.75 Å². The lowest BCUT2D eigenvalue weighted by Crippen LogP contribution is -1.97. The van der Waals surface area contributed by atoms with Gasteiger partial charge in [-0.3, -0.25) is 4.79 Å². The first kappa shape index (κ1) is 16.8. The summed E-state index contributed by atoms with van der Waals surface area (Å²) in [5.41, 5.74) is 0.523. The van der Waals surface area contributed by atoms with Gasteiger partial charge in [-0.1, -0.05) is 51.2 Å². The second kappa shape index (κ2) is 8.79. The highest BCUT2D eigenvalue weighted by Gasteiger charge is 2.04. The van der Waals surface area contributed by atoms with E-state index in [9.17, 15) is 4.79 Å². The Labute approximate surface area is 137 Å². The standard InChI is InChI=1S/C19H23ClO2/c1-2-3-4-5-6-7-12-22-18-11-10-15-13-17(19(20)21)9-8-16(15)14-18/h8-11,13-14H,2-7,12H2,1H3. The maximum atomic E-state index is 11.2. The van der Waals surface area contributed by atoms with E-state index in [1.807, 2.05) is 30.3 Å². The second-order valence-electron chi connectivity index (χ2n) is 5.61. The van der Waals surface area contributed by atoms with Crippen molar-refractivity contribution < 1.29 is 9.53 Å². The van der Waals surface area contributed by atoms with Crippen molar-refractivity contribution in [3.05, 3.63) is 42.0 Å². The van der Waals surface area contributed by atoms with Crippen LogP contribution in [0.5, 0.6) is 5.75 Å². The van der Waals surface area contributed by atoms with Crippen LogP contribution in [0.4, 0.5) is 0 Å². The van der Waals surface area contributed by atoms with Crippen LogP contribution >= 0.6 is 11.6 Å². The topological polar surface area (TPSA) is 26.3 Å². The average Bonchev–Trinajstić information content (AvgIpc) is 2.53. The summed E-state index contributed by atoms with van der Waals surface area (Å²) >= 11 is 5.50. The fourth-order valence-electron chi connectivity index (χ4n) is 2.51. The quantitative estimate of drug-likeness (QED) is 0.421. The van der Waals surface area contributed by atoms with Crippen LogP contribution in [0.25, 0.3) is 10.8 Å². The third kappa shape index (κ3) is 5.03. The minimum Gasteiger partial charge on any atom is -0.494 e. The number of ether oxygens (including phenoxy) is 1. The zero-order valence-electron chi connectivity index (χ0n) is 13.1. The van der Waals surface area contributed by atoms with Gasteiger partial charge >= 0.3 is 0 Å². The molecule has 22 heavy (non-hydrogen) atoms. The van der Waals surface area contributed by atoms with Crippen molar-refractivity contribution in [3.8, 4) is 5.75 Å². The zero-order chi connectivity index (χ0) is 15.8. The fraction of sp³-hybridized carbons (Fsp3) is 0.421. The van der Waals surface area contributed by atoms with Gasteiger partial charge in [-0.25, -0.2) is 0 Å². The van der Waals surface area contributed by atoms with E-state index in [1.54, 1.807) is 6.07 Å². The molecule has 0 atom stereocenters. The van der Waals surface area contributed by atoms with E-state index in [0.717, 1.165) is 29.5 Å². The summed E-state index contributed by atoms with van der Waals surface area (Å²) in [5, 5.41) is 1.63. The van der Waals surface area contributed by atoms with Gasteiger partial charge in [-0.05, 0) is 53.1 Å². The van der Waals surface area contributed by atoms with Crippen molar-refractivity contribution in [1.29, 1.82) is 0 Å². The number of hydrogen-bond acceptors (Lipinski definition) is 2. The number of benzene rings is 2. The predicted octanol–water partition coefficient (Wildman–Crippen LogP) is 5.96. The Bertz CT molecular complexity index is 622. The number of fused-ring (bicyclic) bond motifs is 1. The predicted molar refractivity (Wildman–Crippen MR) is 93.0 cm³/mol. The minimum absolute atomic E-state index is 0.426. The van der Waals surface area contributed by atoms with Gasteiger partial charge in [0.25, 0.3) is 5.24 Å². The molecule has 0 unspecified atom stereocenters. The van der Waals surface area contributed by atoms with Crippen molar-refractivity contribution in [3.63, 3.8) is 0 Å². The molecule has 0 spiro atoms. The van der Waals surface area contributed by atoms with Gasteiger partial charge in [0.15, 0.2) is 0 Å². The number of carbonyl (C=O) groups excluding carboxylic acids is 1. The molecule has 2 aromatic rings. The van der Waals surface area contributed by atoms with E-state index < -0.39 is 5.24 Å². The van der Waals surface area contributed by atoms with Gasteiger partial charge in [0.2, 0.25) is 0 Å². The van der Waals surface area contributed by atoms with Crippen molar-refractivity contribution in [2.75, 3.05) is 6.61 Å². The summed E-state index contributed by atoms with van der Waals surface area (Å²) in [6.07, 6.45) is 7.57. The lowest BCUT2D eigenvalue weighted by molar-refractivity contribution is 0.108. The molecule has 0 radical (unpaired) electrons. The molecule has 2 rings (SSSR count). The zero-order valence-corrected chi connectivity index (χ0v) is 13.9. The summed E-state index contributed by atoms with van der Waals surface area (Å²) in [7, 11) is 0. The van der Waals surface area contributed by atoms with Crippen LogP contribution < -0.4 is 4.74 Å². The van der Waals surface area contributed by atoms with Gasteiger partial charge < -0.3 is 4.74 Å². The molecule has 0 aromatic heterocycles. The van der Waals surface area contributed by atoms with Crippen molar-refractivity contribution in [2.45, 2.75) is 45.4 Å². The molecule has 0 N–H and O–H groups in total. The molecule has 0 fully saturated rings. The molecule has 0 saturated heterocycles. The van der Waals surface area contributed by atoms with Crippen LogP contribution in [-0.4, -0.2) is 11.8 Å². The Morgan fingerprint density at radius 3 is 2.41 bits per heavy atom. The highest BCUT2D eigenvalue weighted by atomic mass is 35.5. The molecule has 0 amide bonds. The SMILES string of the molecule is CCCCCCCCOc1ccc2cc(C(=O)Cl)ccc2c1. The summed E-state index contributed by atoms with van der Waals surface area (Å²) in [4.78, 5) is 11.2. The second-order valence-corrected chi connectivity index (χ2v) is 5.96. The molecule has 2 aromatic carbocycles. The number of unbranched alkanes of at least 4 members (excludes halogenated alkanes) is 5. The van der Waals surface area contributed by atoms with Gasteiger partial charge in [0, 0.05) is 5.56 Å². The van der Waals surface area contributed by atoms with Gasteiger partial charge in [-0.15, -0.1) is 0 Å². The highest BCUT2D eigenvalue weighted by molar-refractivity contribution is 6.67. The molecule has 118 valence electrons. The molecule has 0 aliphatic carbocycles. The molecule has 2 nitrogen and oxygen atoms in total. The van der Waals surface area contributed by atoms with Crippen molar-refractivity contribution in [2.24, 2.45) is 0 Å². The first-order valence-corrected chi connectivity index (χ1v) is 8.45. The monoisotopic (exact) mass is 318 g/mol. The van der Waals surface area contributed by atoms with Crippen molar-refractivity contribution >= 4 is 27.6 Å². The maximum Gasteiger partial charge on any atom is 0.252 e. The summed E-state index contributed by atoms with van der Waals surface area (Å²) in [5.74, 6) is 0.881. The third-order valence-corrected chi connectivity index (χ3v) is 4.02. The Kier molecular flexibility index (Phi) is 6.73. The summed E-state index contributed by atoms with van der Waals surface area (Å²) < 4.78 is 5.81. The van der Waals surface area contributed by atoms with E-state index >= 15 is 0 Å². The lowest BCUT2D eigenvalue weighted by atomic mass is 10.1. The Hall–Kier alpha value is -1.54. The molecule has 3 heteroatoms. The van der Waals surface area contributed by atoms with Crippen LogP contribution in [0.2, 0.25) is 0 Å². The molecule has 0 aliphatic heterocycles. The van der Waals surface area contributed by atoms with Crippen LogP contribution in [0, 0.1) is 0 Å². The summed E-state index contributed by atoms with van der Waals surface area (Å²) in [6, 6.07) is 11.4. The normalized spacial score (nSPS) is 10.8. The molecular formula is C19H23ClO2. The molecule has 0 heterocycles. The minimum atomic E-state index is -0.426. The van der Waals surface area contributed by atoms with Crippen LogP contribution in [-0.2, 0) is 0 Å². The number of carbonyl (C=O) groups is 1. The Balaban J connectivity index is 1.85. The third-order valence-electron chi connectivity index (χ3n) is 3.81. The Morgan fingerprint density at radius 1 is 0.955 bits per heavy atom. The Morgan fingerprint density at radius 2 is 1.64 bits per heavy atom. The number of halogens is 1. The van der Waals surface area contributed by atoms with Crippen LogP contribution in [0.1, 0.15) is 55.8 Å². The van der Waals surface area contributed by atoms with E-state index in [-0.39, 0.29) is 0 Å². The number of hydrogen-bond donors (Lipinski definition) is 0. The molecular weight excluding hydrogens is 296 g/mol. The van der Waals surface area contributed by atoms with Gasteiger partial charge in [-0.2, -0.15) is 0 Å². The van der Waals surface area contributed by atoms with E-state index in [4.69, 9.17) is 16.3 Å². The first-order chi connectivity index (χ1) is 10.7. The molecule has 0 saturated carbocycles. The van der Waals surface area contributed by atoms with Crippen LogP contribution in [0.3, 0.4) is 0 Å². The number of rotatable bonds is 9.